The third-order valence-corrected chi connectivity index (χ3v) is 4.22. The Morgan fingerprint density at radius 3 is 2.71 bits per heavy atom. The van der Waals surface area contributed by atoms with Gasteiger partial charge >= 0.3 is 0 Å². The second kappa shape index (κ2) is 8.34. The Morgan fingerprint density at radius 2 is 2.10 bits per heavy atom. The first-order valence-corrected chi connectivity index (χ1v) is 8.09. The van der Waals surface area contributed by atoms with E-state index in [4.69, 9.17) is 0 Å². The van der Waals surface area contributed by atoms with Crippen LogP contribution in [0.3, 0.4) is 0 Å². The average Bonchev–Trinajstić information content (AvgIpc) is 2.48. The monoisotopic (exact) mass is 314 g/mol. The Labute approximate surface area is 127 Å². The van der Waals surface area contributed by atoms with Crippen molar-refractivity contribution in [1.29, 1.82) is 0 Å². The molecule has 1 saturated heterocycles. The van der Waals surface area contributed by atoms with Crippen LogP contribution in [-0.2, 0) is 4.79 Å². The van der Waals surface area contributed by atoms with Gasteiger partial charge in [0.05, 0.1) is 0 Å². The summed E-state index contributed by atoms with van der Waals surface area (Å²) in [6.07, 6.45) is 4.89. The summed E-state index contributed by atoms with van der Waals surface area (Å²) >= 11 is 0.501. The van der Waals surface area contributed by atoms with Gasteiger partial charge in [-0.3, -0.25) is 4.79 Å². The molecule has 1 fully saturated rings. The molecule has 1 amide bonds. The van der Waals surface area contributed by atoms with Crippen LogP contribution < -0.4 is 10.6 Å². The maximum Gasteiger partial charge on any atom is 0.288 e. The number of carbonyl (C=O) groups is 1. The number of rotatable bonds is 6. The highest BCUT2D eigenvalue weighted by Crippen LogP contribution is 2.26. The highest BCUT2D eigenvalue weighted by atomic mass is 32.2. The van der Waals surface area contributed by atoms with Crippen LogP contribution in [0.5, 0.6) is 0 Å². The summed E-state index contributed by atoms with van der Waals surface area (Å²) in [5, 5.41) is 6.21. The lowest BCUT2D eigenvalue weighted by molar-refractivity contribution is -0.116. The minimum Gasteiger partial charge on any atom is -0.326 e. The molecule has 1 aliphatic rings. The van der Waals surface area contributed by atoms with Crippen molar-refractivity contribution in [2.45, 2.75) is 48.8 Å². The first-order valence-electron chi connectivity index (χ1n) is 7.21. The molecule has 3 nitrogen and oxygen atoms in total. The Hall–Kier alpha value is -1.14. The summed E-state index contributed by atoms with van der Waals surface area (Å²) in [4.78, 5) is 12.3. The first-order chi connectivity index (χ1) is 10.1. The van der Waals surface area contributed by atoms with Crippen molar-refractivity contribution in [2.75, 3.05) is 11.9 Å². The van der Waals surface area contributed by atoms with Gasteiger partial charge in [-0.25, -0.2) is 0 Å². The summed E-state index contributed by atoms with van der Waals surface area (Å²) in [6.45, 7) is 1.04. The topological polar surface area (TPSA) is 41.1 Å². The normalized spacial score (nSPS) is 18.7. The van der Waals surface area contributed by atoms with Gasteiger partial charge in [0.25, 0.3) is 5.76 Å². The quantitative estimate of drug-likeness (QED) is 0.783. The van der Waals surface area contributed by atoms with Gasteiger partial charge < -0.3 is 10.6 Å². The summed E-state index contributed by atoms with van der Waals surface area (Å²) in [6, 6.07) is 6.93. The minimum atomic E-state index is -2.42. The van der Waals surface area contributed by atoms with E-state index in [2.05, 4.69) is 10.6 Å². The molecule has 0 aromatic heterocycles. The summed E-state index contributed by atoms with van der Waals surface area (Å²) in [5.74, 6) is -2.45. The van der Waals surface area contributed by atoms with Crippen LogP contribution in [0.1, 0.15) is 32.1 Å². The van der Waals surface area contributed by atoms with Crippen LogP contribution >= 0.6 is 11.8 Å². The van der Waals surface area contributed by atoms with E-state index < -0.39 is 5.76 Å². The number of nitrogens with one attached hydrogen (secondary N) is 2. The molecule has 116 valence electrons. The van der Waals surface area contributed by atoms with Gasteiger partial charge in [-0.2, -0.15) is 8.78 Å². The zero-order valence-corrected chi connectivity index (χ0v) is 12.6. The zero-order chi connectivity index (χ0) is 15.1. The van der Waals surface area contributed by atoms with E-state index in [1.165, 1.54) is 12.8 Å². The van der Waals surface area contributed by atoms with E-state index in [0.717, 1.165) is 19.4 Å². The van der Waals surface area contributed by atoms with E-state index >= 15 is 0 Å². The number of carbonyl (C=O) groups excluding carboxylic acids is 1. The molecule has 0 spiro atoms. The maximum atomic E-state index is 12.2. The van der Waals surface area contributed by atoms with E-state index in [1.807, 2.05) is 0 Å². The molecular formula is C15H20F2N2OS. The van der Waals surface area contributed by atoms with Crippen molar-refractivity contribution >= 4 is 23.4 Å². The summed E-state index contributed by atoms with van der Waals surface area (Å²) in [7, 11) is 0. The molecule has 0 saturated carbocycles. The first kappa shape index (κ1) is 16.2. The van der Waals surface area contributed by atoms with Gasteiger partial charge in [0.1, 0.15) is 0 Å². The molecule has 1 aromatic carbocycles. The highest BCUT2D eigenvalue weighted by molar-refractivity contribution is 7.99. The van der Waals surface area contributed by atoms with E-state index in [-0.39, 0.29) is 5.91 Å². The van der Waals surface area contributed by atoms with Crippen LogP contribution in [0.15, 0.2) is 29.2 Å². The van der Waals surface area contributed by atoms with Gasteiger partial charge in [0.15, 0.2) is 0 Å². The van der Waals surface area contributed by atoms with Gasteiger partial charge in [-0.1, -0.05) is 18.2 Å². The number of thioether (sulfide) groups is 1. The van der Waals surface area contributed by atoms with Crippen LogP contribution in [0.25, 0.3) is 0 Å². The molecule has 1 atom stereocenters. The molecule has 1 heterocycles. The van der Waals surface area contributed by atoms with Crippen LogP contribution in [0.4, 0.5) is 14.5 Å². The van der Waals surface area contributed by atoms with Gasteiger partial charge in [-0.15, -0.1) is 0 Å². The number of piperidine rings is 1. The molecule has 0 radical (unpaired) electrons. The fourth-order valence-electron chi connectivity index (χ4n) is 2.42. The highest BCUT2D eigenvalue weighted by Gasteiger charge is 2.14. The van der Waals surface area contributed by atoms with Gasteiger partial charge in [0.2, 0.25) is 5.91 Å². The molecule has 0 bridgehead atoms. The third kappa shape index (κ3) is 6.01. The van der Waals surface area contributed by atoms with Gasteiger partial charge in [0, 0.05) is 23.0 Å². The van der Waals surface area contributed by atoms with E-state index in [9.17, 15) is 13.6 Å². The van der Waals surface area contributed by atoms with Crippen molar-refractivity contribution in [2.24, 2.45) is 0 Å². The second-order valence-electron chi connectivity index (χ2n) is 5.14. The number of alkyl halides is 2. The lowest BCUT2D eigenvalue weighted by atomic mass is 10.0. The van der Waals surface area contributed by atoms with Crippen molar-refractivity contribution in [3.05, 3.63) is 24.3 Å². The fraction of sp³-hybridized carbons (Fsp3) is 0.533. The maximum absolute atomic E-state index is 12.2. The Morgan fingerprint density at radius 1 is 1.33 bits per heavy atom. The number of anilines is 1. The summed E-state index contributed by atoms with van der Waals surface area (Å²) in [5.41, 5.74) is 0.648. The SMILES string of the molecule is O=C(CCC1CCCCN1)Nc1ccc(SC(F)F)cc1. The second-order valence-corrected chi connectivity index (χ2v) is 6.20. The van der Waals surface area contributed by atoms with Crippen LogP contribution in [0, 0.1) is 0 Å². The number of benzene rings is 1. The van der Waals surface area contributed by atoms with Crippen molar-refractivity contribution < 1.29 is 13.6 Å². The van der Waals surface area contributed by atoms with Crippen LogP contribution in [0.2, 0.25) is 0 Å². The van der Waals surface area contributed by atoms with Crippen molar-refractivity contribution in [3.63, 3.8) is 0 Å². The molecule has 0 aliphatic carbocycles. The molecule has 2 rings (SSSR count). The predicted molar refractivity (Wildman–Crippen MR) is 81.8 cm³/mol. The zero-order valence-electron chi connectivity index (χ0n) is 11.8. The smallest absolute Gasteiger partial charge is 0.288 e. The largest absolute Gasteiger partial charge is 0.326 e. The Bertz CT molecular complexity index is 447. The molecular weight excluding hydrogens is 294 g/mol. The van der Waals surface area contributed by atoms with Crippen molar-refractivity contribution in [1.82, 2.24) is 5.32 Å². The van der Waals surface area contributed by atoms with Crippen LogP contribution in [-0.4, -0.2) is 24.3 Å². The molecule has 6 heteroatoms. The molecule has 21 heavy (non-hydrogen) atoms. The number of amides is 1. The van der Waals surface area contributed by atoms with Crippen molar-refractivity contribution in [3.8, 4) is 0 Å². The standard InChI is InChI=1S/C15H20F2N2OS/c16-15(17)21-13-7-4-12(5-8-13)19-14(20)9-6-11-3-1-2-10-18-11/h4-5,7-8,11,15,18H,1-3,6,9-10H2,(H,19,20). The number of hydrogen-bond donors (Lipinski definition) is 2. The summed E-state index contributed by atoms with van der Waals surface area (Å²) < 4.78 is 24.4. The molecule has 1 unspecified atom stereocenters. The van der Waals surface area contributed by atoms with E-state index in [1.54, 1.807) is 24.3 Å². The number of hydrogen-bond acceptors (Lipinski definition) is 3. The molecule has 1 aromatic rings. The van der Waals surface area contributed by atoms with E-state index in [0.29, 0.717) is 34.8 Å². The average molecular weight is 314 g/mol. The molecule has 1 aliphatic heterocycles. The number of halogens is 2. The Balaban J connectivity index is 1.74. The fourth-order valence-corrected chi connectivity index (χ4v) is 2.92. The lowest BCUT2D eigenvalue weighted by Crippen LogP contribution is -2.34. The van der Waals surface area contributed by atoms with Gasteiger partial charge in [-0.05, 0) is 50.1 Å². The lowest BCUT2D eigenvalue weighted by Gasteiger charge is -2.23. The Kier molecular flexibility index (Phi) is 6.45. The third-order valence-electron chi connectivity index (χ3n) is 3.50. The molecule has 2 N–H and O–H groups in total. The predicted octanol–water partition coefficient (Wildman–Crippen LogP) is 3.86. The minimum absolute atomic E-state index is 0.0309.